The Kier molecular flexibility index (Phi) is 2.11. The van der Waals surface area contributed by atoms with Crippen molar-refractivity contribution in [1.82, 2.24) is 15.1 Å². The minimum absolute atomic E-state index is 0.886. The Bertz CT molecular complexity index is 143. The molecule has 0 atom stereocenters. The number of nitrogens with zero attached hydrogens (tertiary/aromatic N) is 3. The van der Waals surface area contributed by atoms with Crippen LogP contribution >= 0.6 is 0 Å². The summed E-state index contributed by atoms with van der Waals surface area (Å²) in [4.78, 5) is 8.32. The molecule has 4 nitrogen and oxygen atoms in total. The van der Waals surface area contributed by atoms with Gasteiger partial charge in [0.25, 0.3) is 0 Å². The summed E-state index contributed by atoms with van der Waals surface area (Å²) in [6, 6.07) is 0. The largest absolute Gasteiger partial charge is 0.343 e. The van der Waals surface area contributed by atoms with Gasteiger partial charge in [0.2, 0.25) is 0 Å². The van der Waals surface area contributed by atoms with Gasteiger partial charge in [-0.25, -0.2) is 0 Å². The van der Waals surface area contributed by atoms with Crippen molar-refractivity contribution in [3.8, 4) is 0 Å². The van der Waals surface area contributed by atoms with Gasteiger partial charge in [-0.15, -0.1) is 0 Å². The lowest BCUT2D eigenvalue weighted by molar-refractivity contribution is 0.203. The van der Waals surface area contributed by atoms with E-state index in [0.717, 1.165) is 19.3 Å². The van der Waals surface area contributed by atoms with E-state index in [1.807, 2.05) is 7.05 Å². The number of nitrogens with one attached hydrogen (secondary N) is 1. The molecule has 1 aliphatic rings. The monoisotopic (exact) mass is 142 g/mol. The van der Waals surface area contributed by atoms with E-state index in [1.165, 1.54) is 0 Å². The predicted molar refractivity (Wildman–Crippen MR) is 41.8 cm³/mol. The third-order valence-electron chi connectivity index (χ3n) is 1.53. The van der Waals surface area contributed by atoms with Crippen LogP contribution in [0.15, 0.2) is 4.99 Å². The zero-order valence-electron chi connectivity index (χ0n) is 6.76. The van der Waals surface area contributed by atoms with Gasteiger partial charge in [0.05, 0.1) is 13.3 Å². The van der Waals surface area contributed by atoms with Gasteiger partial charge in [0.1, 0.15) is 0 Å². The highest BCUT2D eigenvalue weighted by molar-refractivity contribution is 5.79. The minimum atomic E-state index is 0.886. The normalized spacial score (nSPS) is 25.1. The molecule has 1 heterocycles. The fraction of sp³-hybridized carbons (Fsp3) is 0.833. The van der Waals surface area contributed by atoms with E-state index in [1.54, 1.807) is 7.05 Å². The predicted octanol–water partition coefficient (Wildman–Crippen LogP) is -0.646. The molecular formula is C6H14N4. The SMILES string of the molecule is CN=C1NCN(C)CN1C. The fourth-order valence-electron chi connectivity index (χ4n) is 1.07. The second kappa shape index (κ2) is 2.88. The van der Waals surface area contributed by atoms with E-state index in [4.69, 9.17) is 0 Å². The summed E-state index contributed by atoms with van der Waals surface area (Å²) in [5.41, 5.74) is 0. The topological polar surface area (TPSA) is 30.9 Å². The van der Waals surface area contributed by atoms with Gasteiger partial charge in [-0.3, -0.25) is 9.89 Å². The third-order valence-corrected chi connectivity index (χ3v) is 1.53. The Labute approximate surface area is 61.5 Å². The van der Waals surface area contributed by atoms with E-state index in [-0.39, 0.29) is 0 Å². The van der Waals surface area contributed by atoms with Gasteiger partial charge in [0, 0.05) is 14.1 Å². The summed E-state index contributed by atoms with van der Waals surface area (Å²) in [5.74, 6) is 0.970. The molecule has 0 unspecified atom stereocenters. The number of hydrogen-bond donors (Lipinski definition) is 1. The fourth-order valence-corrected chi connectivity index (χ4v) is 1.07. The summed E-state index contributed by atoms with van der Waals surface area (Å²) in [6.45, 7) is 1.83. The van der Waals surface area contributed by atoms with Crippen LogP contribution in [0.25, 0.3) is 0 Å². The zero-order chi connectivity index (χ0) is 7.56. The van der Waals surface area contributed by atoms with Crippen LogP contribution in [-0.4, -0.2) is 50.2 Å². The van der Waals surface area contributed by atoms with Crippen LogP contribution in [-0.2, 0) is 0 Å². The molecule has 4 heteroatoms. The molecule has 58 valence electrons. The van der Waals surface area contributed by atoms with E-state index < -0.39 is 0 Å². The maximum absolute atomic E-state index is 4.07. The van der Waals surface area contributed by atoms with Crippen molar-refractivity contribution in [2.45, 2.75) is 0 Å². The molecule has 1 aliphatic heterocycles. The van der Waals surface area contributed by atoms with Gasteiger partial charge in [0.15, 0.2) is 5.96 Å². The average molecular weight is 142 g/mol. The second-order valence-corrected chi connectivity index (χ2v) is 2.58. The lowest BCUT2D eigenvalue weighted by atomic mass is 10.6. The van der Waals surface area contributed by atoms with Crippen LogP contribution in [0.5, 0.6) is 0 Å². The van der Waals surface area contributed by atoms with Crippen LogP contribution in [0, 0.1) is 0 Å². The summed E-state index contributed by atoms with van der Waals surface area (Å²) in [6.07, 6.45) is 0. The van der Waals surface area contributed by atoms with Crippen molar-refractivity contribution < 1.29 is 0 Å². The first-order valence-corrected chi connectivity index (χ1v) is 3.34. The molecule has 1 N–H and O–H groups in total. The molecule has 1 rings (SSSR count). The first kappa shape index (κ1) is 7.34. The van der Waals surface area contributed by atoms with Crippen molar-refractivity contribution in [2.75, 3.05) is 34.5 Å². The lowest BCUT2D eigenvalue weighted by Gasteiger charge is -2.33. The highest BCUT2D eigenvalue weighted by Gasteiger charge is 2.13. The molecule has 0 aromatic heterocycles. The molecule has 0 aromatic rings. The Balaban J connectivity index is 2.52. The average Bonchev–Trinajstić information content (AvgIpc) is 1.88. The molecule has 0 radical (unpaired) electrons. The number of guanidine groups is 1. The second-order valence-electron chi connectivity index (χ2n) is 2.58. The van der Waals surface area contributed by atoms with E-state index in [0.29, 0.717) is 0 Å². The number of aliphatic imine (C=N–C) groups is 1. The Hall–Kier alpha value is -0.770. The van der Waals surface area contributed by atoms with Gasteiger partial charge >= 0.3 is 0 Å². The van der Waals surface area contributed by atoms with Gasteiger partial charge < -0.3 is 10.2 Å². The molecule has 0 bridgehead atoms. The summed E-state index contributed by atoms with van der Waals surface area (Å²) >= 11 is 0. The Morgan fingerprint density at radius 2 is 2.20 bits per heavy atom. The van der Waals surface area contributed by atoms with Gasteiger partial charge in [-0.2, -0.15) is 0 Å². The summed E-state index contributed by atoms with van der Waals surface area (Å²) in [5, 5.41) is 3.17. The standard InChI is InChI=1S/C6H14N4/c1-7-6-8-4-9(2)5-10(6)3/h4-5H2,1-3H3,(H,7,8). The van der Waals surface area contributed by atoms with Gasteiger partial charge in [-0.1, -0.05) is 0 Å². The first-order valence-electron chi connectivity index (χ1n) is 3.34. The molecule has 1 fully saturated rings. The quantitative estimate of drug-likeness (QED) is 0.488. The third kappa shape index (κ3) is 1.39. The van der Waals surface area contributed by atoms with Crippen LogP contribution in [0.4, 0.5) is 0 Å². The Morgan fingerprint density at radius 1 is 1.50 bits per heavy atom. The maximum atomic E-state index is 4.07. The van der Waals surface area contributed by atoms with Crippen molar-refractivity contribution in [2.24, 2.45) is 4.99 Å². The maximum Gasteiger partial charge on any atom is 0.195 e. The van der Waals surface area contributed by atoms with Crippen molar-refractivity contribution in [3.05, 3.63) is 0 Å². The van der Waals surface area contributed by atoms with Crippen molar-refractivity contribution in [1.29, 1.82) is 0 Å². The zero-order valence-corrected chi connectivity index (χ0v) is 6.76. The van der Waals surface area contributed by atoms with Crippen molar-refractivity contribution in [3.63, 3.8) is 0 Å². The molecule has 1 saturated heterocycles. The van der Waals surface area contributed by atoms with Crippen molar-refractivity contribution >= 4 is 5.96 Å². The van der Waals surface area contributed by atoms with Crippen LogP contribution in [0.2, 0.25) is 0 Å². The molecule has 10 heavy (non-hydrogen) atoms. The lowest BCUT2D eigenvalue weighted by Crippen LogP contribution is -2.53. The van der Waals surface area contributed by atoms with Crippen LogP contribution in [0.3, 0.4) is 0 Å². The minimum Gasteiger partial charge on any atom is -0.343 e. The van der Waals surface area contributed by atoms with Crippen LogP contribution < -0.4 is 5.32 Å². The van der Waals surface area contributed by atoms with Crippen LogP contribution in [0.1, 0.15) is 0 Å². The summed E-state index contributed by atoms with van der Waals surface area (Å²) in [7, 11) is 5.88. The first-order chi connectivity index (χ1) is 4.74. The molecule has 0 amide bonds. The Morgan fingerprint density at radius 3 is 2.70 bits per heavy atom. The van der Waals surface area contributed by atoms with E-state index >= 15 is 0 Å². The smallest absolute Gasteiger partial charge is 0.195 e. The molecular weight excluding hydrogens is 128 g/mol. The molecule has 0 spiro atoms. The molecule has 0 aliphatic carbocycles. The summed E-state index contributed by atoms with van der Waals surface area (Å²) < 4.78 is 0. The highest BCUT2D eigenvalue weighted by atomic mass is 15.4. The molecule has 0 saturated carbocycles. The van der Waals surface area contributed by atoms with E-state index in [2.05, 4.69) is 27.2 Å². The van der Waals surface area contributed by atoms with Gasteiger partial charge in [-0.05, 0) is 7.05 Å². The number of hydrogen-bond acceptors (Lipinski definition) is 2. The number of rotatable bonds is 0. The highest BCUT2D eigenvalue weighted by Crippen LogP contribution is 1.93. The van der Waals surface area contributed by atoms with E-state index in [9.17, 15) is 0 Å². The molecule has 0 aromatic carbocycles.